The highest BCUT2D eigenvalue weighted by Crippen LogP contribution is 2.07. The molecule has 0 bridgehead atoms. The van der Waals surface area contributed by atoms with Crippen LogP contribution in [-0.2, 0) is 0 Å². The van der Waals surface area contributed by atoms with Gasteiger partial charge in [-0.3, -0.25) is 4.99 Å². The zero-order chi connectivity index (χ0) is 7.28. The second-order valence-electron chi connectivity index (χ2n) is 2.02. The van der Waals surface area contributed by atoms with Gasteiger partial charge in [0.2, 0.25) is 0 Å². The van der Waals surface area contributed by atoms with Crippen LogP contribution in [0.1, 0.15) is 13.3 Å². The molecule has 0 N–H and O–H groups in total. The van der Waals surface area contributed by atoms with E-state index in [-0.39, 0.29) is 11.4 Å². The standard InChI is InChI=1S/C7H12ClN/c1-4-7(8)5-6(2)9-3/h4,6-7H,1,3,5H2,2H3. The molecule has 0 aromatic rings. The maximum absolute atomic E-state index is 5.73. The third-order valence-corrected chi connectivity index (χ3v) is 1.49. The molecule has 0 heterocycles. The molecule has 0 amide bonds. The number of nitrogens with zero attached hydrogens (tertiary/aromatic N) is 1. The van der Waals surface area contributed by atoms with Gasteiger partial charge in [0.15, 0.2) is 0 Å². The van der Waals surface area contributed by atoms with Crippen LogP contribution in [0.3, 0.4) is 0 Å². The summed E-state index contributed by atoms with van der Waals surface area (Å²) in [6, 6.07) is 0.241. The molecule has 0 saturated heterocycles. The van der Waals surface area contributed by atoms with E-state index in [2.05, 4.69) is 18.3 Å². The maximum Gasteiger partial charge on any atom is 0.0533 e. The molecule has 0 aromatic heterocycles. The van der Waals surface area contributed by atoms with Crippen molar-refractivity contribution in [2.24, 2.45) is 4.99 Å². The highest BCUT2D eigenvalue weighted by Gasteiger charge is 2.03. The van der Waals surface area contributed by atoms with Gasteiger partial charge in [-0.15, -0.1) is 18.2 Å². The van der Waals surface area contributed by atoms with Crippen LogP contribution >= 0.6 is 11.6 Å². The number of rotatable bonds is 4. The smallest absolute Gasteiger partial charge is 0.0533 e. The molecule has 0 saturated carbocycles. The summed E-state index contributed by atoms with van der Waals surface area (Å²) < 4.78 is 0. The minimum Gasteiger partial charge on any atom is -0.298 e. The third kappa shape index (κ3) is 4.22. The Bertz CT molecular complexity index is 89.1. The summed E-state index contributed by atoms with van der Waals surface area (Å²) in [5, 5.41) is 0.0329. The van der Waals surface area contributed by atoms with Gasteiger partial charge in [0, 0.05) is 6.04 Å². The fraction of sp³-hybridized carbons (Fsp3) is 0.571. The molecule has 0 aliphatic rings. The Hall–Kier alpha value is -0.300. The number of hydrogen-bond acceptors (Lipinski definition) is 1. The quantitative estimate of drug-likeness (QED) is 0.327. The van der Waals surface area contributed by atoms with Crippen molar-refractivity contribution in [1.29, 1.82) is 0 Å². The Morgan fingerprint density at radius 2 is 2.33 bits per heavy atom. The SMILES string of the molecule is C=CC(Cl)CC(C)N=C. The van der Waals surface area contributed by atoms with E-state index in [9.17, 15) is 0 Å². The van der Waals surface area contributed by atoms with Crippen LogP contribution in [0, 0.1) is 0 Å². The Kier molecular flexibility index (Phi) is 4.41. The van der Waals surface area contributed by atoms with Crippen molar-refractivity contribution >= 4 is 18.3 Å². The van der Waals surface area contributed by atoms with Gasteiger partial charge in [-0.2, -0.15) is 0 Å². The highest BCUT2D eigenvalue weighted by atomic mass is 35.5. The first-order valence-electron chi connectivity index (χ1n) is 2.93. The number of alkyl halides is 1. The summed E-state index contributed by atoms with van der Waals surface area (Å²) in [6.07, 6.45) is 2.54. The monoisotopic (exact) mass is 145 g/mol. The topological polar surface area (TPSA) is 12.4 Å². The number of hydrogen-bond donors (Lipinski definition) is 0. The molecule has 0 radical (unpaired) electrons. The first-order valence-corrected chi connectivity index (χ1v) is 3.36. The van der Waals surface area contributed by atoms with E-state index >= 15 is 0 Å². The maximum atomic E-state index is 5.73. The predicted octanol–water partition coefficient (Wildman–Crippen LogP) is 2.26. The number of aliphatic imine (C=N–C) groups is 1. The molecule has 0 aliphatic carbocycles. The molecule has 9 heavy (non-hydrogen) atoms. The predicted molar refractivity (Wildman–Crippen MR) is 43.5 cm³/mol. The second-order valence-corrected chi connectivity index (χ2v) is 2.58. The lowest BCUT2D eigenvalue weighted by atomic mass is 10.2. The summed E-state index contributed by atoms with van der Waals surface area (Å²) in [5.41, 5.74) is 0. The van der Waals surface area contributed by atoms with Crippen molar-refractivity contribution in [1.82, 2.24) is 0 Å². The molecule has 0 fully saturated rings. The van der Waals surface area contributed by atoms with Crippen molar-refractivity contribution in [3.05, 3.63) is 12.7 Å². The van der Waals surface area contributed by atoms with Crippen LogP contribution in [0.15, 0.2) is 17.6 Å². The van der Waals surface area contributed by atoms with E-state index < -0.39 is 0 Å². The van der Waals surface area contributed by atoms with Gasteiger partial charge in [-0.1, -0.05) is 6.08 Å². The lowest BCUT2D eigenvalue weighted by molar-refractivity contribution is 0.688. The van der Waals surface area contributed by atoms with E-state index in [1.54, 1.807) is 6.08 Å². The van der Waals surface area contributed by atoms with Gasteiger partial charge < -0.3 is 0 Å². The Labute approximate surface area is 61.4 Å². The molecule has 2 unspecified atom stereocenters. The van der Waals surface area contributed by atoms with Gasteiger partial charge in [-0.05, 0) is 20.1 Å². The van der Waals surface area contributed by atoms with Crippen molar-refractivity contribution in [3.8, 4) is 0 Å². The first-order chi connectivity index (χ1) is 4.20. The largest absolute Gasteiger partial charge is 0.298 e. The Morgan fingerprint density at radius 3 is 2.67 bits per heavy atom. The summed E-state index contributed by atoms with van der Waals surface area (Å²) in [7, 11) is 0. The summed E-state index contributed by atoms with van der Waals surface area (Å²) in [5.74, 6) is 0. The van der Waals surface area contributed by atoms with Gasteiger partial charge >= 0.3 is 0 Å². The van der Waals surface area contributed by atoms with E-state index in [1.165, 1.54) is 0 Å². The number of halogens is 1. The Morgan fingerprint density at radius 1 is 1.78 bits per heavy atom. The van der Waals surface area contributed by atoms with E-state index in [1.807, 2.05) is 6.92 Å². The molecule has 0 rings (SSSR count). The number of allylic oxidation sites excluding steroid dienone is 1. The minimum atomic E-state index is 0.0329. The van der Waals surface area contributed by atoms with E-state index in [0.717, 1.165) is 6.42 Å². The van der Waals surface area contributed by atoms with Crippen LogP contribution < -0.4 is 0 Å². The van der Waals surface area contributed by atoms with Crippen molar-refractivity contribution in [2.45, 2.75) is 24.8 Å². The van der Waals surface area contributed by atoms with Gasteiger partial charge in [0.1, 0.15) is 0 Å². The molecular formula is C7H12ClN. The van der Waals surface area contributed by atoms with Crippen LogP contribution in [0.4, 0.5) is 0 Å². The van der Waals surface area contributed by atoms with Crippen LogP contribution in [-0.4, -0.2) is 18.1 Å². The normalized spacial score (nSPS) is 16.2. The molecule has 1 nitrogen and oxygen atoms in total. The fourth-order valence-electron chi connectivity index (χ4n) is 0.497. The average molecular weight is 146 g/mol. The lowest BCUT2D eigenvalue weighted by Gasteiger charge is -2.05. The van der Waals surface area contributed by atoms with Crippen LogP contribution in [0.5, 0.6) is 0 Å². The second kappa shape index (κ2) is 4.57. The van der Waals surface area contributed by atoms with Gasteiger partial charge in [0.05, 0.1) is 5.38 Å². The zero-order valence-corrected chi connectivity index (χ0v) is 6.43. The molecule has 2 heteroatoms. The molecule has 0 aliphatic heterocycles. The van der Waals surface area contributed by atoms with E-state index in [0.29, 0.717) is 0 Å². The summed E-state index contributed by atoms with van der Waals surface area (Å²) in [6.45, 7) is 8.94. The van der Waals surface area contributed by atoms with Crippen LogP contribution in [0.2, 0.25) is 0 Å². The first kappa shape index (κ1) is 8.70. The summed E-state index contributed by atoms with van der Waals surface area (Å²) in [4.78, 5) is 3.79. The summed E-state index contributed by atoms with van der Waals surface area (Å²) >= 11 is 5.73. The van der Waals surface area contributed by atoms with Crippen molar-refractivity contribution in [3.63, 3.8) is 0 Å². The van der Waals surface area contributed by atoms with Gasteiger partial charge in [-0.25, -0.2) is 0 Å². The Balaban J connectivity index is 3.45. The molecular weight excluding hydrogens is 134 g/mol. The average Bonchev–Trinajstić information content (AvgIpc) is 1.87. The lowest BCUT2D eigenvalue weighted by Crippen LogP contribution is -2.04. The molecule has 0 spiro atoms. The fourth-order valence-corrected chi connectivity index (χ4v) is 0.754. The van der Waals surface area contributed by atoms with E-state index in [4.69, 9.17) is 11.6 Å². The molecule has 52 valence electrons. The third-order valence-electron chi connectivity index (χ3n) is 1.13. The zero-order valence-electron chi connectivity index (χ0n) is 5.68. The molecule has 2 atom stereocenters. The van der Waals surface area contributed by atoms with Crippen molar-refractivity contribution < 1.29 is 0 Å². The van der Waals surface area contributed by atoms with Crippen LogP contribution in [0.25, 0.3) is 0 Å². The molecule has 0 aromatic carbocycles. The van der Waals surface area contributed by atoms with Crippen molar-refractivity contribution in [2.75, 3.05) is 0 Å². The van der Waals surface area contributed by atoms with Gasteiger partial charge in [0.25, 0.3) is 0 Å². The highest BCUT2D eigenvalue weighted by molar-refractivity contribution is 6.21. The minimum absolute atomic E-state index is 0.0329.